The molecule has 4 rings (SSSR count). The zero-order valence-electron chi connectivity index (χ0n) is 13.6. The molecule has 0 aliphatic carbocycles. The van der Waals surface area contributed by atoms with Gasteiger partial charge in [0.2, 0.25) is 0 Å². The molecule has 0 bridgehead atoms. The predicted octanol–water partition coefficient (Wildman–Crippen LogP) is 5.01. The molecule has 0 unspecified atom stereocenters. The summed E-state index contributed by atoms with van der Waals surface area (Å²) in [5.41, 5.74) is 4.95. The third kappa shape index (κ3) is 2.65. The minimum Gasteiger partial charge on any atom is -0.508 e. The van der Waals surface area contributed by atoms with Crippen LogP contribution in [-0.4, -0.2) is 11.7 Å². The highest BCUT2D eigenvalue weighted by molar-refractivity contribution is 5.50. The van der Waals surface area contributed by atoms with Gasteiger partial charge >= 0.3 is 0 Å². The third-order valence-electron chi connectivity index (χ3n) is 4.82. The molecule has 2 heteroatoms. The molecule has 3 aromatic carbocycles. The molecule has 24 heavy (non-hydrogen) atoms. The second-order valence-corrected chi connectivity index (χ2v) is 6.44. The summed E-state index contributed by atoms with van der Waals surface area (Å²) in [5.74, 6) is 1.51. The van der Waals surface area contributed by atoms with Crippen molar-refractivity contribution in [2.45, 2.75) is 18.8 Å². The SMILES string of the molecule is Cc1ccc([C@@H]2c3ccc(O)cc3OC[C@@H]2c2ccccc2)cc1. The van der Waals surface area contributed by atoms with Crippen molar-refractivity contribution in [2.24, 2.45) is 0 Å². The lowest BCUT2D eigenvalue weighted by molar-refractivity contribution is 0.248. The highest BCUT2D eigenvalue weighted by Gasteiger charge is 2.33. The first-order chi connectivity index (χ1) is 11.7. The monoisotopic (exact) mass is 316 g/mol. The Morgan fingerprint density at radius 2 is 1.62 bits per heavy atom. The number of rotatable bonds is 2. The Bertz CT molecular complexity index is 838. The highest BCUT2D eigenvalue weighted by atomic mass is 16.5. The molecule has 2 nitrogen and oxygen atoms in total. The summed E-state index contributed by atoms with van der Waals surface area (Å²) < 4.78 is 5.99. The molecule has 1 aliphatic heterocycles. The molecule has 0 saturated heterocycles. The number of aryl methyl sites for hydroxylation is 1. The minimum atomic E-state index is 0.220. The summed E-state index contributed by atoms with van der Waals surface area (Å²) in [4.78, 5) is 0. The van der Waals surface area contributed by atoms with Crippen molar-refractivity contribution in [2.75, 3.05) is 6.61 Å². The van der Waals surface area contributed by atoms with E-state index in [1.165, 1.54) is 16.7 Å². The van der Waals surface area contributed by atoms with E-state index >= 15 is 0 Å². The van der Waals surface area contributed by atoms with Gasteiger partial charge in [0, 0.05) is 23.5 Å². The summed E-state index contributed by atoms with van der Waals surface area (Å²) in [5, 5.41) is 9.78. The minimum absolute atomic E-state index is 0.220. The predicted molar refractivity (Wildman–Crippen MR) is 95.8 cm³/mol. The Balaban J connectivity index is 1.86. The van der Waals surface area contributed by atoms with E-state index < -0.39 is 0 Å². The van der Waals surface area contributed by atoms with Crippen LogP contribution in [0.25, 0.3) is 0 Å². The number of phenolic OH excluding ortho intramolecular Hbond substituents is 1. The van der Waals surface area contributed by atoms with E-state index in [0.29, 0.717) is 6.61 Å². The number of hydrogen-bond acceptors (Lipinski definition) is 2. The van der Waals surface area contributed by atoms with Crippen LogP contribution in [0.2, 0.25) is 0 Å². The Labute approximate surface area is 142 Å². The van der Waals surface area contributed by atoms with Crippen molar-refractivity contribution in [1.82, 2.24) is 0 Å². The van der Waals surface area contributed by atoms with Crippen molar-refractivity contribution in [3.8, 4) is 11.5 Å². The van der Waals surface area contributed by atoms with Crippen molar-refractivity contribution in [1.29, 1.82) is 0 Å². The first-order valence-corrected chi connectivity index (χ1v) is 8.29. The van der Waals surface area contributed by atoms with Gasteiger partial charge in [0.05, 0.1) is 6.61 Å². The molecule has 3 aromatic rings. The molecule has 120 valence electrons. The molecule has 0 aromatic heterocycles. The molecule has 0 spiro atoms. The average Bonchev–Trinajstić information content (AvgIpc) is 2.62. The van der Waals surface area contributed by atoms with Crippen LogP contribution in [0.5, 0.6) is 11.5 Å². The topological polar surface area (TPSA) is 29.5 Å². The van der Waals surface area contributed by atoms with E-state index in [1.807, 2.05) is 12.1 Å². The van der Waals surface area contributed by atoms with Gasteiger partial charge in [-0.2, -0.15) is 0 Å². The Morgan fingerprint density at radius 3 is 2.38 bits per heavy atom. The second kappa shape index (κ2) is 6.04. The first kappa shape index (κ1) is 14.8. The van der Waals surface area contributed by atoms with Gasteiger partial charge in [-0.1, -0.05) is 66.2 Å². The highest BCUT2D eigenvalue weighted by Crippen LogP contribution is 2.46. The molecule has 0 radical (unpaired) electrons. The Hall–Kier alpha value is -2.74. The van der Waals surface area contributed by atoms with Crippen LogP contribution in [0.1, 0.15) is 34.1 Å². The molecule has 1 aliphatic rings. The van der Waals surface area contributed by atoms with E-state index in [-0.39, 0.29) is 17.6 Å². The van der Waals surface area contributed by atoms with E-state index in [4.69, 9.17) is 4.74 Å². The van der Waals surface area contributed by atoms with Crippen molar-refractivity contribution in [3.63, 3.8) is 0 Å². The first-order valence-electron chi connectivity index (χ1n) is 8.29. The van der Waals surface area contributed by atoms with Crippen LogP contribution >= 0.6 is 0 Å². The second-order valence-electron chi connectivity index (χ2n) is 6.44. The third-order valence-corrected chi connectivity index (χ3v) is 4.82. The quantitative estimate of drug-likeness (QED) is 0.720. The fraction of sp³-hybridized carbons (Fsp3) is 0.182. The zero-order chi connectivity index (χ0) is 16.5. The summed E-state index contributed by atoms with van der Waals surface area (Å²) >= 11 is 0. The maximum atomic E-state index is 9.78. The molecule has 0 saturated carbocycles. The van der Waals surface area contributed by atoms with Crippen LogP contribution in [0, 0.1) is 6.92 Å². The van der Waals surface area contributed by atoms with E-state index in [9.17, 15) is 5.11 Å². The van der Waals surface area contributed by atoms with Crippen LogP contribution in [0.4, 0.5) is 0 Å². The van der Waals surface area contributed by atoms with Gasteiger partial charge in [-0.15, -0.1) is 0 Å². The van der Waals surface area contributed by atoms with Crippen molar-refractivity contribution < 1.29 is 9.84 Å². The lowest BCUT2D eigenvalue weighted by Crippen LogP contribution is -2.25. The molecule has 0 fully saturated rings. The number of phenols is 1. The van der Waals surface area contributed by atoms with Crippen LogP contribution in [-0.2, 0) is 0 Å². The Kier molecular flexibility index (Phi) is 3.73. The van der Waals surface area contributed by atoms with Gasteiger partial charge in [-0.05, 0) is 24.1 Å². The lowest BCUT2D eigenvalue weighted by Gasteiger charge is -2.34. The summed E-state index contributed by atoms with van der Waals surface area (Å²) in [7, 11) is 0. The Morgan fingerprint density at radius 1 is 0.875 bits per heavy atom. The number of fused-ring (bicyclic) bond motifs is 1. The van der Waals surface area contributed by atoms with Gasteiger partial charge in [0.15, 0.2) is 0 Å². The standard InChI is InChI=1S/C22H20O2/c1-15-7-9-17(10-8-15)22-19-12-11-18(23)13-21(19)24-14-20(22)16-5-3-2-4-6-16/h2-13,20,22-23H,14H2,1H3/t20-,22-/m1/s1. The van der Waals surface area contributed by atoms with Crippen LogP contribution in [0.15, 0.2) is 72.8 Å². The number of aromatic hydroxyl groups is 1. The van der Waals surface area contributed by atoms with Gasteiger partial charge in [-0.25, -0.2) is 0 Å². The normalized spacial score (nSPS) is 19.4. The molecule has 2 atom stereocenters. The maximum Gasteiger partial charge on any atom is 0.126 e. The summed E-state index contributed by atoms with van der Waals surface area (Å²) in [6.07, 6.45) is 0. The fourth-order valence-corrected chi connectivity index (χ4v) is 3.57. The molecule has 0 amide bonds. The van der Waals surface area contributed by atoms with Crippen LogP contribution < -0.4 is 4.74 Å². The lowest BCUT2D eigenvalue weighted by atomic mass is 9.76. The summed E-state index contributed by atoms with van der Waals surface area (Å²) in [6, 6.07) is 24.7. The van der Waals surface area contributed by atoms with Gasteiger partial charge in [0.25, 0.3) is 0 Å². The van der Waals surface area contributed by atoms with Gasteiger partial charge in [0.1, 0.15) is 11.5 Å². The zero-order valence-corrected chi connectivity index (χ0v) is 13.6. The summed E-state index contributed by atoms with van der Waals surface area (Å²) in [6.45, 7) is 2.72. The maximum absolute atomic E-state index is 9.78. The fourth-order valence-electron chi connectivity index (χ4n) is 3.57. The van der Waals surface area contributed by atoms with Gasteiger partial charge in [-0.3, -0.25) is 0 Å². The van der Waals surface area contributed by atoms with Gasteiger partial charge < -0.3 is 9.84 Å². The van der Waals surface area contributed by atoms with E-state index in [2.05, 4.69) is 55.5 Å². The average molecular weight is 316 g/mol. The smallest absolute Gasteiger partial charge is 0.126 e. The van der Waals surface area contributed by atoms with Crippen molar-refractivity contribution in [3.05, 3.63) is 95.1 Å². The molecule has 1 N–H and O–H groups in total. The number of benzene rings is 3. The molecule has 1 heterocycles. The van der Waals surface area contributed by atoms with E-state index in [1.54, 1.807) is 12.1 Å². The van der Waals surface area contributed by atoms with Crippen molar-refractivity contribution >= 4 is 0 Å². The van der Waals surface area contributed by atoms with Crippen LogP contribution in [0.3, 0.4) is 0 Å². The number of ether oxygens (including phenoxy) is 1. The molecular weight excluding hydrogens is 296 g/mol. The van der Waals surface area contributed by atoms with E-state index in [0.717, 1.165) is 11.3 Å². The molecular formula is C22H20O2. The number of hydrogen-bond donors (Lipinski definition) is 1. The largest absolute Gasteiger partial charge is 0.508 e.